The van der Waals surface area contributed by atoms with Crippen molar-refractivity contribution in [1.29, 1.82) is 0 Å². The van der Waals surface area contributed by atoms with Crippen molar-refractivity contribution in [1.82, 2.24) is 0 Å². The number of hydrogen-bond acceptors (Lipinski definition) is 4. The van der Waals surface area contributed by atoms with E-state index < -0.39 is 16.9 Å². The van der Waals surface area contributed by atoms with E-state index in [0.717, 1.165) is 12.1 Å². The molecule has 2 aromatic carbocycles. The van der Waals surface area contributed by atoms with Crippen LogP contribution < -0.4 is 0 Å². The van der Waals surface area contributed by atoms with E-state index in [1.165, 1.54) is 12.1 Å². The van der Waals surface area contributed by atoms with Crippen LogP contribution in [-0.2, 0) is 0 Å². The number of fused-ring (bicyclic) bond motifs is 1. The average molecular weight is 275 g/mol. The van der Waals surface area contributed by atoms with E-state index in [1.807, 2.05) is 0 Å². The minimum absolute atomic E-state index is 0.00676. The van der Waals surface area contributed by atoms with Crippen LogP contribution >= 0.6 is 0 Å². The number of carboxylic acids is 2. The molecule has 0 unspecified atom stereocenters. The zero-order valence-corrected chi connectivity index (χ0v) is 10.3. The second-order valence-corrected chi connectivity index (χ2v) is 4.23. The molecule has 2 aromatic rings. The van der Waals surface area contributed by atoms with Gasteiger partial charge in [-0.1, -0.05) is 0 Å². The van der Waals surface area contributed by atoms with Crippen molar-refractivity contribution in [3.63, 3.8) is 0 Å². The van der Waals surface area contributed by atoms with Gasteiger partial charge in [-0.3, -0.25) is 10.1 Å². The molecule has 102 valence electrons. The van der Waals surface area contributed by atoms with Crippen LogP contribution in [0.4, 0.5) is 5.69 Å². The van der Waals surface area contributed by atoms with Gasteiger partial charge in [0.15, 0.2) is 0 Å². The van der Waals surface area contributed by atoms with Crippen molar-refractivity contribution in [3.05, 3.63) is 51.1 Å². The van der Waals surface area contributed by atoms with Crippen molar-refractivity contribution in [3.8, 4) is 0 Å². The number of aryl methyl sites for hydroxylation is 1. The molecule has 0 bridgehead atoms. The van der Waals surface area contributed by atoms with Crippen LogP contribution in [-0.4, -0.2) is 27.1 Å². The molecule has 0 aliphatic rings. The summed E-state index contributed by atoms with van der Waals surface area (Å²) in [6, 6.07) is 4.81. The SMILES string of the molecule is Cc1cc(C(=O)O)c2c(C(=O)O)ccc([N+](=O)[O-])c2c1. The first-order valence-corrected chi connectivity index (χ1v) is 5.51. The lowest BCUT2D eigenvalue weighted by atomic mass is 9.95. The standard InChI is InChI=1S/C13H9NO6/c1-6-4-8-10(14(19)20)3-2-7(12(15)16)11(8)9(5-6)13(17)18/h2-5H,1H3,(H,15,16)(H,17,18). The number of carbonyl (C=O) groups is 2. The molecule has 0 fully saturated rings. The number of aromatic carboxylic acids is 2. The Morgan fingerprint density at radius 1 is 1.10 bits per heavy atom. The Hall–Kier alpha value is -2.96. The predicted molar refractivity (Wildman–Crippen MR) is 69.3 cm³/mol. The van der Waals surface area contributed by atoms with Gasteiger partial charge in [0.1, 0.15) is 0 Å². The highest BCUT2D eigenvalue weighted by atomic mass is 16.6. The first-order valence-electron chi connectivity index (χ1n) is 5.51. The molecule has 0 aliphatic heterocycles. The number of hydrogen-bond donors (Lipinski definition) is 2. The Morgan fingerprint density at radius 2 is 1.70 bits per heavy atom. The number of carboxylic acid groups (broad SMARTS) is 2. The van der Waals surface area contributed by atoms with Gasteiger partial charge in [-0.25, -0.2) is 9.59 Å². The monoisotopic (exact) mass is 275 g/mol. The summed E-state index contributed by atoms with van der Waals surface area (Å²) in [5, 5.41) is 29.2. The number of rotatable bonds is 3. The van der Waals surface area contributed by atoms with Crippen molar-refractivity contribution < 1.29 is 24.7 Å². The largest absolute Gasteiger partial charge is 0.478 e. The molecule has 0 heterocycles. The molecule has 0 aromatic heterocycles. The van der Waals surface area contributed by atoms with Gasteiger partial charge in [-0.05, 0) is 30.7 Å². The molecular weight excluding hydrogens is 266 g/mol. The lowest BCUT2D eigenvalue weighted by Gasteiger charge is -2.08. The second kappa shape index (κ2) is 4.61. The molecule has 2 N–H and O–H groups in total. The van der Waals surface area contributed by atoms with Crippen LogP contribution in [0, 0.1) is 17.0 Å². The maximum Gasteiger partial charge on any atom is 0.336 e. The van der Waals surface area contributed by atoms with Crippen LogP contribution in [0.25, 0.3) is 10.8 Å². The van der Waals surface area contributed by atoms with Gasteiger partial charge in [0.25, 0.3) is 5.69 Å². The minimum Gasteiger partial charge on any atom is -0.478 e. The van der Waals surface area contributed by atoms with E-state index >= 15 is 0 Å². The summed E-state index contributed by atoms with van der Waals surface area (Å²) >= 11 is 0. The Kier molecular flexibility index (Phi) is 3.11. The van der Waals surface area contributed by atoms with E-state index in [-0.39, 0.29) is 27.6 Å². The Bertz CT molecular complexity index is 765. The predicted octanol–water partition coefficient (Wildman–Crippen LogP) is 2.45. The molecule has 0 saturated carbocycles. The highest BCUT2D eigenvalue weighted by molar-refractivity contribution is 6.14. The van der Waals surface area contributed by atoms with Crippen LogP contribution in [0.15, 0.2) is 24.3 Å². The van der Waals surface area contributed by atoms with E-state index in [4.69, 9.17) is 5.11 Å². The topological polar surface area (TPSA) is 118 Å². The summed E-state index contributed by atoms with van der Waals surface area (Å²) in [6.07, 6.45) is 0. The fourth-order valence-corrected chi connectivity index (χ4v) is 2.12. The molecule has 0 radical (unpaired) electrons. The van der Waals surface area contributed by atoms with E-state index in [0.29, 0.717) is 5.56 Å². The van der Waals surface area contributed by atoms with Gasteiger partial charge in [-0.15, -0.1) is 0 Å². The Morgan fingerprint density at radius 3 is 2.20 bits per heavy atom. The van der Waals surface area contributed by atoms with Gasteiger partial charge in [0.05, 0.1) is 21.4 Å². The second-order valence-electron chi connectivity index (χ2n) is 4.23. The maximum absolute atomic E-state index is 11.3. The van der Waals surface area contributed by atoms with Gasteiger partial charge >= 0.3 is 11.9 Å². The van der Waals surface area contributed by atoms with E-state index in [2.05, 4.69) is 0 Å². The Balaban J connectivity index is 3.07. The van der Waals surface area contributed by atoms with Crippen molar-refractivity contribution in [2.24, 2.45) is 0 Å². The molecule has 0 atom stereocenters. The molecule has 0 amide bonds. The summed E-state index contributed by atoms with van der Waals surface area (Å²) in [4.78, 5) is 32.8. The van der Waals surface area contributed by atoms with Crippen molar-refractivity contribution >= 4 is 28.4 Å². The molecular formula is C13H9NO6. The number of non-ortho nitro benzene ring substituents is 1. The summed E-state index contributed by atoms with van der Waals surface area (Å²) in [7, 11) is 0. The lowest BCUT2D eigenvalue weighted by molar-refractivity contribution is -0.383. The summed E-state index contributed by atoms with van der Waals surface area (Å²) in [5.41, 5.74) is -0.360. The summed E-state index contributed by atoms with van der Waals surface area (Å²) < 4.78 is 0. The van der Waals surface area contributed by atoms with Gasteiger partial charge in [0.2, 0.25) is 0 Å². The number of nitrogens with zero attached hydrogens (tertiary/aromatic N) is 1. The van der Waals surface area contributed by atoms with Crippen LogP contribution in [0.2, 0.25) is 0 Å². The molecule has 7 nitrogen and oxygen atoms in total. The first-order chi connectivity index (χ1) is 9.32. The Labute approximate surface area is 112 Å². The number of benzene rings is 2. The van der Waals surface area contributed by atoms with Crippen molar-refractivity contribution in [2.45, 2.75) is 6.92 Å². The normalized spacial score (nSPS) is 10.4. The summed E-state index contributed by atoms with van der Waals surface area (Å²) in [5.74, 6) is -2.67. The summed E-state index contributed by atoms with van der Waals surface area (Å²) in [6.45, 7) is 1.59. The third-order valence-corrected chi connectivity index (χ3v) is 2.89. The van der Waals surface area contributed by atoms with Crippen LogP contribution in [0.1, 0.15) is 26.3 Å². The smallest absolute Gasteiger partial charge is 0.336 e. The fraction of sp³-hybridized carbons (Fsp3) is 0.0769. The minimum atomic E-state index is -1.34. The third-order valence-electron chi connectivity index (χ3n) is 2.89. The van der Waals surface area contributed by atoms with E-state index in [9.17, 15) is 24.8 Å². The zero-order valence-electron chi connectivity index (χ0n) is 10.3. The van der Waals surface area contributed by atoms with Gasteiger partial charge < -0.3 is 10.2 Å². The average Bonchev–Trinajstić information content (AvgIpc) is 2.35. The molecule has 0 saturated heterocycles. The number of nitro groups is 1. The van der Waals surface area contributed by atoms with Gasteiger partial charge in [0, 0.05) is 11.5 Å². The highest BCUT2D eigenvalue weighted by Gasteiger charge is 2.22. The van der Waals surface area contributed by atoms with Crippen LogP contribution in [0.3, 0.4) is 0 Å². The van der Waals surface area contributed by atoms with Crippen molar-refractivity contribution in [2.75, 3.05) is 0 Å². The number of nitro benzene ring substituents is 1. The molecule has 2 rings (SSSR count). The first kappa shape index (κ1) is 13.5. The molecule has 7 heteroatoms. The maximum atomic E-state index is 11.3. The highest BCUT2D eigenvalue weighted by Crippen LogP contribution is 2.32. The quantitative estimate of drug-likeness (QED) is 0.656. The van der Waals surface area contributed by atoms with Gasteiger partial charge in [-0.2, -0.15) is 0 Å². The van der Waals surface area contributed by atoms with Crippen LogP contribution in [0.5, 0.6) is 0 Å². The van der Waals surface area contributed by atoms with E-state index in [1.54, 1.807) is 6.92 Å². The third kappa shape index (κ3) is 2.05. The molecule has 0 spiro atoms. The lowest BCUT2D eigenvalue weighted by Crippen LogP contribution is -2.06. The fourth-order valence-electron chi connectivity index (χ4n) is 2.12. The molecule has 0 aliphatic carbocycles. The zero-order chi connectivity index (χ0) is 15.0. The molecule has 20 heavy (non-hydrogen) atoms.